The number of carbonyl (C=O) groups is 2. The zero-order valence-corrected chi connectivity index (χ0v) is 12.5. The fraction of sp³-hybridized carbons (Fsp3) is 0.214. The maximum absolute atomic E-state index is 11.8. The van der Waals surface area contributed by atoms with Crippen molar-refractivity contribution >= 4 is 28.3 Å². The standard InChI is InChI=1S/C14H15N3O3S/c1-8-4-3-5-9(2)12(8)20-6-11(18)17-14-16-10(7-21-14)13(15)19/h3-5,7H,6H2,1-2H3,(H2,15,19)(H,16,17,18). The number of ether oxygens (including phenoxy) is 1. The number of hydrogen-bond acceptors (Lipinski definition) is 5. The van der Waals surface area contributed by atoms with E-state index in [1.165, 1.54) is 5.38 Å². The van der Waals surface area contributed by atoms with Gasteiger partial charge in [0.05, 0.1) is 0 Å². The molecule has 0 bridgehead atoms. The Kier molecular flexibility index (Phi) is 4.54. The van der Waals surface area contributed by atoms with Gasteiger partial charge >= 0.3 is 0 Å². The molecule has 1 aromatic carbocycles. The smallest absolute Gasteiger partial charge is 0.268 e. The fourth-order valence-electron chi connectivity index (χ4n) is 1.76. The second kappa shape index (κ2) is 6.36. The van der Waals surface area contributed by atoms with Crippen LogP contribution in [0.5, 0.6) is 5.75 Å². The monoisotopic (exact) mass is 305 g/mol. The molecule has 2 rings (SSSR count). The lowest BCUT2D eigenvalue weighted by molar-refractivity contribution is -0.118. The van der Waals surface area contributed by atoms with Crippen molar-refractivity contribution in [1.29, 1.82) is 0 Å². The molecule has 1 aromatic heterocycles. The number of amides is 2. The van der Waals surface area contributed by atoms with Crippen LogP contribution in [0.1, 0.15) is 21.6 Å². The number of aryl methyl sites for hydroxylation is 2. The molecule has 0 saturated carbocycles. The van der Waals surface area contributed by atoms with E-state index in [9.17, 15) is 9.59 Å². The Morgan fingerprint density at radius 3 is 2.57 bits per heavy atom. The van der Waals surface area contributed by atoms with Crippen LogP contribution in [0.3, 0.4) is 0 Å². The van der Waals surface area contributed by atoms with Crippen molar-refractivity contribution in [2.45, 2.75) is 13.8 Å². The van der Waals surface area contributed by atoms with Crippen LogP contribution < -0.4 is 15.8 Å². The Labute approximate surface area is 125 Å². The summed E-state index contributed by atoms with van der Waals surface area (Å²) in [5.41, 5.74) is 7.16. The minimum Gasteiger partial charge on any atom is -0.483 e. The third-order valence-corrected chi connectivity index (χ3v) is 3.52. The third kappa shape index (κ3) is 3.79. The summed E-state index contributed by atoms with van der Waals surface area (Å²) in [5, 5.41) is 4.37. The first-order valence-electron chi connectivity index (χ1n) is 6.21. The van der Waals surface area contributed by atoms with Crippen molar-refractivity contribution in [3.8, 4) is 5.75 Å². The molecule has 0 aliphatic heterocycles. The fourth-order valence-corrected chi connectivity index (χ4v) is 2.48. The number of hydrogen-bond donors (Lipinski definition) is 2. The number of aromatic nitrogens is 1. The predicted octanol–water partition coefficient (Wildman–Crippen LogP) is 1.88. The van der Waals surface area contributed by atoms with Crippen molar-refractivity contribution in [1.82, 2.24) is 4.98 Å². The van der Waals surface area contributed by atoms with E-state index in [1.54, 1.807) is 0 Å². The van der Waals surface area contributed by atoms with Crippen molar-refractivity contribution in [3.05, 3.63) is 40.4 Å². The molecule has 21 heavy (non-hydrogen) atoms. The highest BCUT2D eigenvalue weighted by Gasteiger charge is 2.11. The highest BCUT2D eigenvalue weighted by atomic mass is 32.1. The molecule has 6 nitrogen and oxygen atoms in total. The van der Waals surface area contributed by atoms with E-state index in [-0.39, 0.29) is 18.2 Å². The zero-order chi connectivity index (χ0) is 15.4. The largest absolute Gasteiger partial charge is 0.483 e. The van der Waals surface area contributed by atoms with E-state index >= 15 is 0 Å². The van der Waals surface area contributed by atoms with Crippen molar-refractivity contribution in [2.24, 2.45) is 5.73 Å². The molecule has 3 N–H and O–H groups in total. The molecule has 0 saturated heterocycles. The van der Waals surface area contributed by atoms with Gasteiger partial charge in [0.25, 0.3) is 11.8 Å². The van der Waals surface area contributed by atoms with Gasteiger partial charge in [0.1, 0.15) is 11.4 Å². The lowest BCUT2D eigenvalue weighted by Crippen LogP contribution is -2.21. The molecule has 2 aromatic rings. The van der Waals surface area contributed by atoms with Gasteiger partial charge in [-0.2, -0.15) is 0 Å². The summed E-state index contributed by atoms with van der Waals surface area (Å²) in [6, 6.07) is 5.76. The Morgan fingerprint density at radius 1 is 1.33 bits per heavy atom. The summed E-state index contributed by atoms with van der Waals surface area (Å²) in [5.74, 6) is -0.272. The first kappa shape index (κ1) is 15.0. The second-order valence-electron chi connectivity index (χ2n) is 4.46. The van der Waals surface area contributed by atoms with Crippen LogP contribution in [-0.4, -0.2) is 23.4 Å². The van der Waals surface area contributed by atoms with Gasteiger partial charge in [-0.25, -0.2) is 4.98 Å². The quantitative estimate of drug-likeness (QED) is 0.881. The van der Waals surface area contributed by atoms with E-state index in [0.29, 0.717) is 10.9 Å². The molecule has 0 unspecified atom stereocenters. The SMILES string of the molecule is Cc1cccc(C)c1OCC(=O)Nc1nc(C(N)=O)cs1. The van der Waals surface area contributed by atoms with Crippen molar-refractivity contribution < 1.29 is 14.3 Å². The van der Waals surface area contributed by atoms with E-state index in [2.05, 4.69) is 10.3 Å². The van der Waals surface area contributed by atoms with Crippen LogP contribution in [0.4, 0.5) is 5.13 Å². The summed E-state index contributed by atoms with van der Waals surface area (Å²) in [4.78, 5) is 26.6. The number of primary amides is 1. The molecule has 1 heterocycles. The molecule has 0 aliphatic rings. The Morgan fingerprint density at radius 2 is 2.00 bits per heavy atom. The second-order valence-corrected chi connectivity index (χ2v) is 5.32. The number of para-hydroxylation sites is 1. The normalized spacial score (nSPS) is 10.2. The molecule has 110 valence electrons. The van der Waals surface area contributed by atoms with Crippen LogP contribution in [0.25, 0.3) is 0 Å². The summed E-state index contributed by atoms with van der Waals surface area (Å²) in [6.45, 7) is 3.71. The van der Waals surface area contributed by atoms with Crippen LogP contribution in [-0.2, 0) is 4.79 Å². The maximum Gasteiger partial charge on any atom is 0.268 e. The highest BCUT2D eigenvalue weighted by Crippen LogP contribution is 2.22. The van der Waals surface area contributed by atoms with Gasteiger partial charge in [-0.05, 0) is 25.0 Å². The van der Waals surface area contributed by atoms with Crippen LogP contribution in [0, 0.1) is 13.8 Å². The van der Waals surface area contributed by atoms with Crippen molar-refractivity contribution in [3.63, 3.8) is 0 Å². The average molecular weight is 305 g/mol. The first-order chi connectivity index (χ1) is 9.97. The summed E-state index contributed by atoms with van der Waals surface area (Å²) in [7, 11) is 0. The molecule has 2 amide bonds. The van der Waals surface area contributed by atoms with E-state index in [0.717, 1.165) is 22.5 Å². The number of nitrogens with two attached hydrogens (primary N) is 1. The minimum absolute atomic E-state index is 0.128. The number of nitrogens with zero attached hydrogens (tertiary/aromatic N) is 1. The van der Waals surface area contributed by atoms with E-state index < -0.39 is 5.91 Å². The Bertz CT molecular complexity index is 662. The van der Waals surface area contributed by atoms with Gasteiger partial charge in [-0.15, -0.1) is 11.3 Å². The van der Waals surface area contributed by atoms with Crippen molar-refractivity contribution in [2.75, 3.05) is 11.9 Å². The number of nitrogens with one attached hydrogen (secondary N) is 1. The van der Waals surface area contributed by atoms with Gasteiger partial charge in [0.15, 0.2) is 11.7 Å². The van der Waals surface area contributed by atoms with Crippen LogP contribution >= 0.6 is 11.3 Å². The number of thiazole rings is 1. The highest BCUT2D eigenvalue weighted by molar-refractivity contribution is 7.14. The number of benzene rings is 1. The lowest BCUT2D eigenvalue weighted by Gasteiger charge is -2.11. The van der Waals surface area contributed by atoms with Gasteiger partial charge in [0, 0.05) is 5.38 Å². The van der Waals surface area contributed by atoms with E-state index in [1.807, 2.05) is 32.0 Å². The Hall–Kier alpha value is -2.41. The predicted molar refractivity (Wildman–Crippen MR) is 80.7 cm³/mol. The molecule has 0 radical (unpaired) electrons. The first-order valence-corrected chi connectivity index (χ1v) is 7.09. The summed E-state index contributed by atoms with van der Waals surface area (Å²) < 4.78 is 5.53. The molecule has 0 fully saturated rings. The van der Waals surface area contributed by atoms with E-state index in [4.69, 9.17) is 10.5 Å². The Balaban J connectivity index is 1.94. The number of anilines is 1. The van der Waals surface area contributed by atoms with Crippen LogP contribution in [0.15, 0.2) is 23.6 Å². The topological polar surface area (TPSA) is 94.3 Å². The summed E-state index contributed by atoms with van der Waals surface area (Å²) >= 11 is 1.13. The van der Waals surface area contributed by atoms with Crippen LogP contribution in [0.2, 0.25) is 0 Å². The van der Waals surface area contributed by atoms with Gasteiger partial charge in [0.2, 0.25) is 0 Å². The molecular weight excluding hydrogens is 290 g/mol. The third-order valence-electron chi connectivity index (χ3n) is 2.76. The zero-order valence-electron chi connectivity index (χ0n) is 11.7. The molecule has 0 spiro atoms. The number of rotatable bonds is 5. The minimum atomic E-state index is -0.626. The lowest BCUT2D eigenvalue weighted by atomic mass is 10.1. The molecule has 7 heteroatoms. The van der Waals surface area contributed by atoms with Gasteiger partial charge < -0.3 is 10.5 Å². The molecule has 0 aliphatic carbocycles. The van der Waals surface area contributed by atoms with Gasteiger partial charge in [-0.3, -0.25) is 14.9 Å². The number of carbonyl (C=O) groups excluding carboxylic acids is 2. The van der Waals surface area contributed by atoms with Gasteiger partial charge in [-0.1, -0.05) is 18.2 Å². The summed E-state index contributed by atoms with van der Waals surface area (Å²) in [6.07, 6.45) is 0. The molecular formula is C14H15N3O3S. The maximum atomic E-state index is 11.8. The average Bonchev–Trinajstić information content (AvgIpc) is 2.87. The molecule has 0 atom stereocenters.